The van der Waals surface area contributed by atoms with Crippen molar-refractivity contribution in [3.63, 3.8) is 0 Å². The van der Waals surface area contributed by atoms with Crippen molar-refractivity contribution < 1.29 is 14.7 Å². The van der Waals surface area contributed by atoms with Crippen LogP contribution in [0.3, 0.4) is 0 Å². The molecule has 0 bridgehead atoms. The van der Waals surface area contributed by atoms with E-state index in [1.807, 2.05) is 65.6 Å². The topological polar surface area (TPSA) is 98.7 Å². The van der Waals surface area contributed by atoms with Gasteiger partial charge in [-0.25, -0.2) is 9.97 Å². The van der Waals surface area contributed by atoms with Gasteiger partial charge in [-0.15, -0.1) is 0 Å². The maximum absolute atomic E-state index is 13.3. The molecule has 0 saturated carbocycles. The summed E-state index contributed by atoms with van der Waals surface area (Å²) in [4.78, 5) is 38.6. The summed E-state index contributed by atoms with van der Waals surface area (Å²) in [6.45, 7) is 1.62. The van der Waals surface area contributed by atoms with Crippen LogP contribution in [-0.2, 0) is 9.59 Å². The molecule has 1 saturated heterocycles. The van der Waals surface area contributed by atoms with Gasteiger partial charge < -0.3 is 20.2 Å². The standard InChI is InChI=1S/C25H27N5O3/c31-18-21(24(33)29-14-16-30(17-15-29)25-26-12-7-13-27-25)28-23(32)22(19-8-3-1-4-9-19)20-10-5-2-6-11-20/h1-13,21-22,31H,14-18H2,(H,28,32). The lowest BCUT2D eigenvalue weighted by atomic mass is 9.90. The quantitative estimate of drug-likeness (QED) is 0.571. The summed E-state index contributed by atoms with van der Waals surface area (Å²) < 4.78 is 0. The molecule has 2 heterocycles. The third-order valence-electron chi connectivity index (χ3n) is 5.75. The van der Waals surface area contributed by atoms with Crippen LogP contribution < -0.4 is 10.2 Å². The van der Waals surface area contributed by atoms with Crippen molar-refractivity contribution in [2.24, 2.45) is 0 Å². The number of nitrogens with one attached hydrogen (secondary N) is 1. The number of aliphatic hydroxyl groups excluding tert-OH is 1. The Balaban J connectivity index is 1.44. The number of rotatable bonds is 7. The molecule has 2 amide bonds. The van der Waals surface area contributed by atoms with Gasteiger partial charge in [-0.1, -0.05) is 60.7 Å². The molecule has 3 aromatic rings. The third kappa shape index (κ3) is 5.35. The van der Waals surface area contributed by atoms with E-state index in [0.29, 0.717) is 32.1 Å². The molecule has 1 fully saturated rings. The third-order valence-corrected chi connectivity index (χ3v) is 5.75. The maximum Gasteiger partial charge on any atom is 0.247 e. The molecule has 1 atom stereocenters. The Morgan fingerprint density at radius 1 is 0.848 bits per heavy atom. The van der Waals surface area contributed by atoms with Crippen molar-refractivity contribution in [2.75, 3.05) is 37.7 Å². The van der Waals surface area contributed by atoms with Crippen molar-refractivity contribution >= 4 is 17.8 Å². The van der Waals surface area contributed by atoms with Gasteiger partial charge in [-0.2, -0.15) is 0 Å². The predicted molar refractivity (Wildman–Crippen MR) is 125 cm³/mol. The fraction of sp³-hybridized carbons (Fsp3) is 0.280. The molecule has 1 aliphatic rings. The van der Waals surface area contributed by atoms with Crippen LogP contribution in [0.2, 0.25) is 0 Å². The number of hydrogen-bond donors (Lipinski definition) is 2. The van der Waals surface area contributed by atoms with Gasteiger partial charge in [-0.3, -0.25) is 9.59 Å². The fourth-order valence-electron chi connectivity index (χ4n) is 4.03. The number of benzene rings is 2. The van der Waals surface area contributed by atoms with E-state index in [9.17, 15) is 14.7 Å². The summed E-state index contributed by atoms with van der Waals surface area (Å²) in [5, 5.41) is 12.7. The molecule has 0 radical (unpaired) electrons. The lowest BCUT2D eigenvalue weighted by Crippen LogP contribution is -2.56. The largest absolute Gasteiger partial charge is 0.394 e. The van der Waals surface area contributed by atoms with Crippen LogP contribution in [0.25, 0.3) is 0 Å². The number of aliphatic hydroxyl groups is 1. The van der Waals surface area contributed by atoms with Gasteiger partial charge in [0.1, 0.15) is 6.04 Å². The number of carbonyl (C=O) groups is 2. The van der Waals surface area contributed by atoms with E-state index >= 15 is 0 Å². The molecule has 2 aromatic carbocycles. The lowest BCUT2D eigenvalue weighted by molar-refractivity contribution is -0.138. The molecular weight excluding hydrogens is 418 g/mol. The minimum absolute atomic E-state index is 0.292. The predicted octanol–water partition coefficient (Wildman–Crippen LogP) is 1.43. The number of piperazine rings is 1. The van der Waals surface area contributed by atoms with Crippen LogP contribution in [-0.4, -0.2) is 70.6 Å². The van der Waals surface area contributed by atoms with E-state index in [1.165, 1.54) is 0 Å². The van der Waals surface area contributed by atoms with Crippen molar-refractivity contribution in [3.05, 3.63) is 90.3 Å². The second kappa shape index (κ2) is 10.7. The Labute approximate surface area is 192 Å². The van der Waals surface area contributed by atoms with Crippen molar-refractivity contribution in [1.29, 1.82) is 0 Å². The van der Waals surface area contributed by atoms with Crippen molar-refractivity contribution in [3.8, 4) is 0 Å². The van der Waals surface area contributed by atoms with Gasteiger partial charge in [0.05, 0.1) is 12.5 Å². The SMILES string of the molecule is O=C(NC(CO)C(=O)N1CCN(c2ncccn2)CC1)C(c1ccccc1)c1ccccc1. The van der Waals surface area contributed by atoms with Gasteiger partial charge in [0.15, 0.2) is 0 Å². The Morgan fingerprint density at radius 2 is 1.39 bits per heavy atom. The van der Waals surface area contributed by atoms with Gasteiger partial charge in [0.25, 0.3) is 0 Å². The van der Waals surface area contributed by atoms with E-state index in [-0.39, 0.29) is 11.8 Å². The van der Waals surface area contributed by atoms with Crippen LogP contribution >= 0.6 is 0 Å². The lowest BCUT2D eigenvalue weighted by Gasteiger charge is -2.36. The number of carbonyl (C=O) groups excluding carboxylic acids is 2. The van der Waals surface area contributed by atoms with E-state index in [0.717, 1.165) is 11.1 Å². The highest BCUT2D eigenvalue weighted by Crippen LogP contribution is 2.25. The van der Waals surface area contributed by atoms with Crippen LogP contribution in [0.1, 0.15) is 17.0 Å². The van der Waals surface area contributed by atoms with E-state index in [1.54, 1.807) is 23.4 Å². The highest BCUT2D eigenvalue weighted by Gasteiger charge is 2.31. The highest BCUT2D eigenvalue weighted by atomic mass is 16.3. The highest BCUT2D eigenvalue weighted by molar-refractivity contribution is 5.92. The zero-order chi connectivity index (χ0) is 23.0. The second-order valence-corrected chi connectivity index (χ2v) is 7.86. The smallest absolute Gasteiger partial charge is 0.247 e. The molecule has 1 aromatic heterocycles. The summed E-state index contributed by atoms with van der Waals surface area (Å²) in [6, 6.07) is 19.6. The zero-order valence-corrected chi connectivity index (χ0v) is 18.2. The molecule has 8 nitrogen and oxygen atoms in total. The number of aromatic nitrogens is 2. The first-order valence-electron chi connectivity index (χ1n) is 11.0. The van der Waals surface area contributed by atoms with E-state index < -0.39 is 18.6 Å². The molecule has 33 heavy (non-hydrogen) atoms. The zero-order valence-electron chi connectivity index (χ0n) is 18.2. The Morgan fingerprint density at radius 3 is 1.91 bits per heavy atom. The summed E-state index contributed by atoms with van der Waals surface area (Å²) in [5.41, 5.74) is 1.64. The first kappa shape index (κ1) is 22.4. The summed E-state index contributed by atoms with van der Waals surface area (Å²) >= 11 is 0. The maximum atomic E-state index is 13.3. The normalized spacial score (nSPS) is 14.7. The molecule has 170 valence electrons. The van der Waals surface area contributed by atoms with Gasteiger partial charge >= 0.3 is 0 Å². The minimum Gasteiger partial charge on any atom is -0.394 e. The van der Waals surface area contributed by atoms with E-state index in [4.69, 9.17) is 0 Å². The van der Waals surface area contributed by atoms with Crippen LogP contribution in [0.4, 0.5) is 5.95 Å². The number of hydrogen-bond acceptors (Lipinski definition) is 6. The molecule has 8 heteroatoms. The first-order valence-corrected chi connectivity index (χ1v) is 11.0. The van der Waals surface area contributed by atoms with Gasteiger partial charge in [0, 0.05) is 38.6 Å². The second-order valence-electron chi connectivity index (χ2n) is 7.86. The number of amides is 2. The molecule has 4 rings (SSSR count). The molecule has 2 N–H and O–H groups in total. The minimum atomic E-state index is -1.01. The average molecular weight is 446 g/mol. The van der Waals surface area contributed by atoms with Crippen LogP contribution in [0, 0.1) is 0 Å². The van der Waals surface area contributed by atoms with Crippen LogP contribution in [0.5, 0.6) is 0 Å². The Bertz CT molecular complexity index is 1000. The molecule has 0 aliphatic carbocycles. The summed E-state index contributed by atoms with van der Waals surface area (Å²) in [6.07, 6.45) is 3.38. The number of nitrogens with zero attached hydrogens (tertiary/aromatic N) is 4. The molecule has 0 spiro atoms. The van der Waals surface area contributed by atoms with Gasteiger partial charge in [0.2, 0.25) is 17.8 Å². The average Bonchev–Trinajstić information content (AvgIpc) is 2.89. The molecular formula is C25H27N5O3. The fourth-order valence-corrected chi connectivity index (χ4v) is 4.03. The van der Waals surface area contributed by atoms with Gasteiger partial charge in [-0.05, 0) is 17.2 Å². The summed E-state index contributed by atoms with van der Waals surface area (Å²) in [5.74, 6) is -0.568. The Hall–Kier alpha value is -3.78. The molecule has 1 aliphatic heterocycles. The molecule has 1 unspecified atom stereocenters. The van der Waals surface area contributed by atoms with E-state index in [2.05, 4.69) is 15.3 Å². The van der Waals surface area contributed by atoms with Crippen molar-refractivity contribution in [2.45, 2.75) is 12.0 Å². The first-order chi connectivity index (χ1) is 16.2. The monoisotopic (exact) mass is 445 g/mol. The van der Waals surface area contributed by atoms with Crippen molar-refractivity contribution in [1.82, 2.24) is 20.2 Å². The van der Waals surface area contributed by atoms with Crippen LogP contribution in [0.15, 0.2) is 79.1 Å². The summed E-state index contributed by atoms with van der Waals surface area (Å²) in [7, 11) is 0. The Kier molecular flexibility index (Phi) is 7.26. The number of anilines is 1.